The molecule has 1 aromatic rings. The quantitative estimate of drug-likeness (QED) is 0.487. The molecule has 0 aliphatic carbocycles. The van der Waals surface area contributed by atoms with E-state index in [0.29, 0.717) is 12.5 Å². The molecule has 0 saturated carbocycles. The molecule has 3 N–H and O–H groups in total. The molecule has 5 nitrogen and oxygen atoms in total. The van der Waals surface area contributed by atoms with Crippen LogP contribution >= 0.6 is 24.0 Å². The van der Waals surface area contributed by atoms with Crippen LogP contribution in [-0.4, -0.2) is 32.1 Å². The van der Waals surface area contributed by atoms with Gasteiger partial charge in [-0.3, -0.25) is 4.99 Å². The van der Waals surface area contributed by atoms with Crippen molar-refractivity contribution < 1.29 is 0 Å². The van der Waals surface area contributed by atoms with E-state index in [1.54, 1.807) is 7.05 Å². The van der Waals surface area contributed by atoms with Gasteiger partial charge in [0.15, 0.2) is 5.96 Å². The van der Waals surface area contributed by atoms with Crippen molar-refractivity contribution in [2.75, 3.05) is 26.0 Å². The number of hydrogen-bond acceptors (Lipinski definition) is 3. The van der Waals surface area contributed by atoms with Gasteiger partial charge in [-0.25, -0.2) is 4.98 Å². The number of hydrogen-bond donors (Lipinski definition) is 2. The Morgan fingerprint density at radius 1 is 1.50 bits per heavy atom. The minimum atomic E-state index is 0. The first-order valence-corrected chi connectivity index (χ1v) is 4.73. The molecule has 0 radical (unpaired) electrons. The average Bonchev–Trinajstić information content (AvgIpc) is 2.26. The molecule has 1 rings (SSSR count). The summed E-state index contributed by atoms with van der Waals surface area (Å²) < 4.78 is 0. The first-order chi connectivity index (χ1) is 7.13. The monoisotopic (exact) mass is 335 g/mol. The third-order valence-electron chi connectivity index (χ3n) is 1.94. The fourth-order valence-corrected chi connectivity index (χ4v) is 1.07. The molecule has 16 heavy (non-hydrogen) atoms. The Morgan fingerprint density at radius 2 is 2.19 bits per heavy atom. The summed E-state index contributed by atoms with van der Waals surface area (Å²) in [5.41, 5.74) is 6.46. The number of pyridine rings is 1. The maximum atomic E-state index is 5.52. The predicted molar refractivity (Wildman–Crippen MR) is 78.4 cm³/mol. The maximum absolute atomic E-state index is 5.52. The van der Waals surface area contributed by atoms with Crippen molar-refractivity contribution in [1.29, 1.82) is 0 Å². The van der Waals surface area contributed by atoms with E-state index in [9.17, 15) is 0 Å². The average molecular weight is 335 g/mol. The molecular formula is C10H18IN5. The standard InChI is InChI=1S/C10H17N5.HI/c1-12-10(11)13-7-8-5-4-6-9(14-8)15(2)3;/h4-6H,7H2,1-3H3,(H3,11,12,13);1H. The molecular weight excluding hydrogens is 317 g/mol. The van der Waals surface area contributed by atoms with Crippen LogP contribution in [0, 0.1) is 0 Å². The molecule has 90 valence electrons. The summed E-state index contributed by atoms with van der Waals surface area (Å²) >= 11 is 0. The summed E-state index contributed by atoms with van der Waals surface area (Å²) in [7, 11) is 5.56. The van der Waals surface area contributed by atoms with Crippen LogP contribution in [0.5, 0.6) is 0 Å². The lowest BCUT2D eigenvalue weighted by atomic mass is 10.3. The fourth-order valence-electron chi connectivity index (χ4n) is 1.07. The minimum absolute atomic E-state index is 0. The lowest BCUT2D eigenvalue weighted by Crippen LogP contribution is -2.31. The SMILES string of the molecule is CN=C(N)NCc1cccc(N(C)C)n1.I. The first kappa shape index (κ1) is 14.9. The van der Waals surface area contributed by atoms with Crippen molar-refractivity contribution in [1.82, 2.24) is 10.3 Å². The van der Waals surface area contributed by atoms with E-state index in [1.807, 2.05) is 37.2 Å². The van der Waals surface area contributed by atoms with E-state index in [0.717, 1.165) is 11.5 Å². The number of nitrogens with two attached hydrogens (primary N) is 1. The molecule has 6 heteroatoms. The van der Waals surface area contributed by atoms with Gasteiger partial charge >= 0.3 is 0 Å². The summed E-state index contributed by atoms with van der Waals surface area (Å²) in [6.07, 6.45) is 0. The second-order valence-corrected chi connectivity index (χ2v) is 3.34. The topological polar surface area (TPSA) is 66.5 Å². The summed E-state index contributed by atoms with van der Waals surface area (Å²) in [5.74, 6) is 1.35. The molecule has 0 fully saturated rings. The Labute approximate surface area is 113 Å². The Morgan fingerprint density at radius 3 is 2.75 bits per heavy atom. The van der Waals surface area contributed by atoms with E-state index < -0.39 is 0 Å². The van der Waals surface area contributed by atoms with Gasteiger partial charge in [-0.1, -0.05) is 6.07 Å². The Bertz CT molecular complexity index is 351. The van der Waals surface area contributed by atoms with E-state index in [-0.39, 0.29) is 24.0 Å². The molecule has 0 aliphatic heterocycles. The molecule has 0 aliphatic rings. The van der Waals surface area contributed by atoms with Crippen molar-refractivity contribution in [2.24, 2.45) is 10.7 Å². The van der Waals surface area contributed by atoms with Crippen LogP contribution in [0.3, 0.4) is 0 Å². The number of aliphatic imine (C=N–C) groups is 1. The van der Waals surface area contributed by atoms with Crippen LogP contribution in [0.4, 0.5) is 5.82 Å². The van der Waals surface area contributed by atoms with Gasteiger partial charge in [-0.2, -0.15) is 0 Å². The van der Waals surface area contributed by atoms with Crippen molar-refractivity contribution in [3.8, 4) is 0 Å². The van der Waals surface area contributed by atoms with E-state index in [1.165, 1.54) is 0 Å². The normalized spacial score (nSPS) is 10.6. The van der Waals surface area contributed by atoms with E-state index in [2.05, 4.69) is 15.3 Å². The lowest BCUT2D eigenvalue weighted by molar-refractivity contribution is 0.857. The van der Waals surface area contributed by atoms with Crippen LogP contribution < -0.4 is 16.0 Å². The Hall–Kier alpha value is -1.05. The van der Waals surface area contributed by atoms with E-state index in [4.69, 9.17) is 5.73 Å². The molecule has 0 amide bonds. The highest BCUT2D eigenvalue weighted by Crippen LogP contribution is 2.07. The highest BCUT2D eigenvalue weighted by molar-refractivity contribution is 14.0. The lowest BCUT2D eigenvalue weighted by Gasteiger charge is -2.12. The molecule has 0 unspecified atom stereocenters. The zero-order chi connectivity index (χ0) is 11.3. The molecule has 1 heterocycles. The molecule has 0 saturated heterocycles. The number of nitrogens with one attached hydrogen (secondary N) is 1. The third-order valence-corrected chi connectivity index (χ3v) is 1.94. The number of rotatable bonds is 3. The second kappa shape index (κ2) is 7.26. The van der Waals surface area contributed by atoms with Crippen LogP contribution in [0.25, 0.3) is 0 Å². The molecule has 0 bridgehead atoms. The largest absolute Gasteiger partial charge is 0.370 e. The summed E-state index contributed by atoms with van der Waals surface area (Å²) in [6, 6.07) is 5.88. The van der Waals surface area contributed by atoms with Gasteiger partial charge in [0.2, 0.25) is 0 Å². The van der Waals surface area contributed by atoms with Crippen molar-refractivity contribution in [2.45, 2.75) is 6.54 Å². The van der Waals surface area contributed by atoms with Gasteiger partial charge in [0, 0.05) is 21.1 Å². The second-order valence-electron chi connectivity index (χ2n) is 3.34. The third kappa shape index (κ3) is 4.65. The maximum Gasteiger partial charge on any atom is 0.188 e. The van der Waals surface area contributed by atoms with E-state index >= 15 is 0 Å². The Kier molecular flexibility index (Phi) is 6.78. The Balaban J connectivity index is 0.00000225. The number of anilines is 1. The first-order valence-electron chi connectivity index (χ1n) is 4.73. The zero-order valence-electron chi connectivity index (χ0n) is 9.77. The van der Waals surface area contributed by atoms with Crippen molar-refractivity contribution in [3.63, 3.8) is 0 Å². The number of aromatic nitrogens is 1. The van der Waals surface area contributed by atoms with Crippen molar-refractivity contribution in [3.05, 3.63) is 23.9 Å². The summed E-state index contributed by atoms with van der Waals surface area (Å²) in [5, 5.41) is 2.96. The highest BCUT2D eigenvalue weighted by Gasteiger charge is 1.99. The molecule has 0 atom stereocenters. The molecule has 1 aromatic heterocycles. The smallest absolute Gasteiger partial charge is 0.188 e. The van der Waals surface area contributed by atoms with Crippen LogP contribution in [0.15, 0.2) is 23.2 Å². The van der Waals surface area contributed by atoms with Gasteiger partial charge in [0.05, 0.1) is 12.2 Å². The van der Waals surface area contributed by atoms with Crippen LogP contribution in [0.1, 0.15) is 5.69 Å². The van der Waals surface area contributed by atoms with Gasteiger partial charge in [0.1, 0.15) is 5.82 Å². The summed E-state index contributed by atoms with van der Waals surface area (Å²) in [6.45, 7) is 0.588. The van der Waals surface area contributed by atoms with Crippen LogP contribution in [-0.2, 0) is 6.54 Å². The van der Waals surface area contributed by atoms with Gasteiger partial charge in [-0.05, 0) is 12.1 Å². The summed E-state index contributed by atoms with van der Waals surface area (Å²) in [4.78, 5) is 10.2. The van der Waals surface area contributed by atoms with Gasteiger partial charge in [-0.15, -0.1) is 24.0 Å². The predicted octanol–water partition coefficient (Wildman–Crippen LogP) is 0.800. The fraction of sp³-hybridized carbons (Fsp3) is 0.400. The number of guanidine groups is 1. The minimum Gasteiger partial charge on any atom is -0.370 e. The number of halogens is 1. The van der Waals surface area contributed by atoms with Crippen LogP contribution in [0.2, 0.25) is 0 Å². The molecule has 0 aromatic carbocycles. The number of nitrogens with zero attached hydrogens (tertiary/aromatic N) is 3. The highest BCUT2D eigenvalue weighted by atomic mass is 127. The zero-order valence-corrected chi connectivity index (χ0v) is 12.1. The van der Waals surface area contributed by atoms with Gasteiger partial charge in [0.25, 0.3) is 0 Å². The van der Waals surface area contributed by atoms with Gasteiger partial charge < -0.3 is 16.0 Å². The molecule has 0 spiro atoms. The van der Waals surface area contributed by atoms with Crippen molar-refractivity contribution >= 4 is 35.8 Å².